The van der Waals surface area contributed by atoms with E-state index in [4.69, 9.17) is 4.74 Å². The van der Waals surface area contributed by atoms with Crippen LogP contribution < -0.4 is 26.8 Å². The summed E-state index contributed by atoms with van der Waals surface area (Å²) in [6, 6.07) is 3.36. The predicted octanol–water partition coefficient (Wildman–Crippen LogP) is 1.89. The molecule has 38 heavy (non-hydrogen) atoms. The lowest BCUT2D eigenvalue weighted by Gasteiger charge is -2.36. The number of amides is 2. The van der Waals surface area contributed by atoms with Crippen LogP contribution in [0.3, 0.4) is 0 Å². The number of hydrogen-bond acceptors (Lipinski definition) is 9. The number of nitrogens with one attached hydrogen (secondary N) is 5. The topological polar surface area (TPSA) is 188 Å². The number of hydrogen-bond donors (Lipinski definition) is 6. The molecule has 0 radical (unpaired) electrons. The summed E-state index contributed by atoms with van der Waals surface area (Å²) >= 11 is 0. The van der Waals surface area contributed by atoms with Crippen LogP contribution >= 0.6 is 0 Å². The summed E-state index contributed by atoms with van der Waals surface area (Å²) in [7, 11) is 1.64. The van der Waals surface area contributed by atoms with E-state index in [1.165, 1.54) is 23.1 Å². The van der Waals surface area contributed by atoms with Gasteiger partial charge in [-0.05, 0) is 44.4 Å². The highest BCUT2D eigenvalue weighted by atomic mass is 16.5. The zero-order valence-electron chi connectivity index (χ0n) is 20.9. The van der Waals surface area contributed by atoms with Crippen molar-refractivity contribution in [1.29, 1.82) is 0 Å². The van der Waals surface area contributed by atoms with Gasteiger partial charge in [0, 0.05) is 44.0 Å². The molecule has 2 fully saturated rings. The van der Waals surface area contributed by atoms with Crippen LogP contribution in [-0.4, -0.2) is 73.5 Å². The van der Waals surface area contributed by atoms with Crippen molar-refractivity contribution in [3.63, 3.8) is 0 Å². The van der Waals surface area contributed by atoms with Crippen molar-refractivity contribution < 1.29 is 19.4 Å². The van der Waals surface area contributed by atoms with Crippen LogP contribution in [-0.2, 0) is 4.74 Å². The second-order valence-electron chi connectivity index (χ2n) is 9.74. The molecule has 0 bridgehead atoms. The van der Waals surface area contributed by atoms with Crippen molar-refractivity contribution in [2.75, 3.05) is 29.7 Å². The van der Waals surface area contributed by atoms with Crippen LogP contribution in [0.25, 0.3) is 5.65 Å². The number of carboxylic acid groups (broad SMARTS) is 1. The van der Waals surface area contributed by atoms with Gasteiger partial charge in [-0.2, -0.15) is 0 Å². The molecule has 0 aliphatic heterocycles. The minimum atomic E-state index is -1.02. The minimum Gasteiger partial charge on any atom is -0.465 e. The minimum absolute atomic E-state index is 0.0588. The summed E-state index contributed by atoms with van der Waals surface area (Å²) < 4.78 is 6.73. The van der Waals surface area contributed by atoms with Crippen molar-refractivity contribution in [2.24, 2.45) is 5.92 Å². The van der Waals surface area contributed by atoms with Gasteiger partial charge in [0.2, 0.25) is 0 Å². The Labute approximate surface area is 217 Å². The van der Waals surface area contributed by atoms with Gasteiger partial charge in [-0.1, -0.05) is 0 Å². The predicted molar refractivity (Wildman–Crippen MR) is 139 cm³/mol. The summed E-state index contributed by atoms with van der Waals surface area (Å²) in [6.45, 7) is 0.546. The third-order valence-corrected chi connectivity index (χ3v) is 6.89. The van der Waals surface area contributed by atoms with Crippen LogP contribution in [0.4, 0.5) is 22.1 Å². The first-order chi connectivity index (χ1) is 18.4. The van der Waals surface area contributed by atoms with Crippen molar-refractivity contribution in [3.8, 4) is 0 Å². The lowest BCUT2D eigenvalue weighted by atomic mass is 9.80. The highest BCUT2D eigenvalue weighted by Crippen LogP contribution is 2.32. The molecule has 0 aromatic carbocycles. The van der Waals surface area contributed by atoms with Gasteiger partial charge >= 0.3 is 6.09 Å². The molecule has 1 unspecified atom stereocenters. The van der Waals surface area contributed by atoms with Crippen LogP contribution in [0.2, 0.25) is 0 Å². The lowest BCUT2D eigenvalue weighted by molar-refractivity contribution is 0.102. The molecule has 0 spiro atoms. The lowest BCUT2D eigenvalue weighted by Crippen LogP contribution is -2.46. The zero-order chi connectivity index (χ0) is 26.6. The molecule has 14 heteroatoms. The number of anilines is 3. The SMILES string of the molecule is COCCC1C[C@H](Nc2cc(NC3CC3)c3ncc(C(=O)Nc4cc(=O)[nH]cn4)n3n2)CC[C@H]1NC(=O)O. The number of methoxy groups -OCH3 is 1. The molecule has 3 aromatic rings. The molecule has 0 saturated heterocycles. The average Bonchev–Trinajstić information content (AvgIpc) is 3.58. The highest BCUT2D eigenvalue weighted by Gasteiger charge is 2.32. The van der Waals surface area contributed by atoms with Gasteiger partial charge in [-0.25, -0.2) is 19.3 Å². The number of fused-ring (bicyclic) bond motifs is 1. The molecule has 5 rings (SSSR count). The standard InChI is InChI=1S/C24H31N9O5/c1-38-7-6-13-8-15(4-5-16(13)30-24(36)37)29-20-9-17(28-14-2-3-14)22-25-11-18(33(22)32-20)23(35)31-19-10-21(34)27-12-26-19/h9-16,28,30H,2-8H2,1H3,(H,29,32)(H,36,37)(H2,26,27,31,34,35)/t13?,15-,16-/m1/s1. The number of nitrogens with zero attached hydrogens (tertiary/aromatic N) is 4. The average molecular weight is 526 g/mol. The summed E-state index contributed by atoms with van der Waals surface area (Å²) in [5.41, 5.74) is 1.08. The molecule has 3 atom stereocenters. The van der Waals surface area contributed by atoms with Gasteiger partial charge in [0.25, 0.3) is 11.5 Å². The number of carbonyl (C=O) groups excluding carboxylic acids is 1. The fourth-order valence-electron chi connectivity index (χ4n) is 4.91. The van der Waals surface area contributed by atoms with Crippen molar-refractivity contribution in [3.05, 3.63) is 40.7 Å². The normalized spacial score (nSPS) is 21.1. The summed E-state index contributed by atoms with van der Waals surface area (Å²) in [5, 5.41) is 26.1. The number of carbonyl (C=O) groups is 2. The Morgan fingerprint density at radius 3 is 2.68 bits per heavy atom. The molecule has 6 N–H and O–H groups in total. The van der Waals surface area contributed by atoms with Gasteiger partial charge in [0.1, 0.15) is 11.6 Å². The number of aromatic amines is 1. The fourth-order valence-corrected chi connectivity index (χ4v) is 4.91. The Morgan fingerprint density at radius 1 is 1.13 bits per heavy atom. The van der Waals surface area contributed by atoms with E-state index in [0.717, 1.165) is 37.8 Å². The molecule has 3 aromatic heterocycles. The number of imidazole rings is 1. The summed E-state index contributed by atoms with van der Waals surface area (Å²) in [5.74, 6) is 0.300. The quantitative estimate of drug-likeness (QED) is 0.228. The maximum Gasteiger partial charge on any atom is 0.404 e. The Hall–Kier alpha value is -4.20. The van der Waals surface area contributed by atoms with Gasteiger partial charge in [0.05, 0.1) is 18.2 Å². The van der Waals surface area contributed by atoms with Crippen LogP contribution in [0.1, 0.15) is 49.0 Å². The first-order valence-corrected chi connectivity index (χ1v) is 12.7. The highest BCUT2D eigenvalue weighted by molar-refractivity contribution is 6.03. The van der Waals surface area contributed by atoms with Gasteiger partial charge < -0.3 is 36.1 Å². The van der Waals surface area contributed by atoms with Crippen LogP contribution in [0, 0.1) is 5.92 Å². The van der Waals surface area contributed by atoms with Crippen LogP contribution in [0.5, 0.6) is 0 Å². The van der Waals surface area contributed by atoms with Crippen molar-refractivity contribution in [1.82, 2.24) is 29.9 Å². The third kappa shape index (κ3) is 6.02. The van der Waals surface area contributed by atoms with Crippen molar-refractivity contribution >= 4 is 35.0 Å². The maximum atomic E-state index is 13.0. The Balaban J connectivity index is 1.39. The number of H-pyrrole nitrogens is 1. The first kappa shape index (κ1) is 25.4. The largest absolute Gasteiger partial charge is 0.465 e. The van der Waals surface area contributed by atoms with Gasteiger partial charge in [-0.3, -0.25) is 9.59 Å². The van der Waals surface area contributed by atoms with E-state index in [1.54, 1.807) is 7.11 Å². The monoisotopic (exact) mass is 525 g/mol. The van der Waals surface area contributed by atoms with Gasteiger partial charge in [0.15, 0.2) is 11.3 Å². The zero-order valence-corrected chi connectivity index (χ0v) is 20.9. The van der Waals surface area contributed by atoms with E-state index < -0.39 is 12.0 Å². The fraction of sp³-hybridized carbons (Fsp3) is 0.500. The van der Waals surface area contributed by atoms with E-state index in [-0.39, 0.29) is 35.1 Å². The molecular weight excluding hydrogens is 494 g/mol. The van der Waals surface area contributed by atoms with E-state index in [2.05, 4.69) is 41.3 Å². The number of rotatable bonds is 10. The number of aromatic nitrogens is 5. The smallest absolute Gasteiger partial charge is 0.404 e. The van der Waals surface area contributed by atoms with Crippen LogP contribution in [0.15, 0.2) is 29.5 Å². The molecule has 202 valence electrons. The molecule has 14 nitrogen and oxygen atoms in total. The molecule has 3 heterocycles. The summed E-state index contributed by atoms with van der Waals surface area (Å²) in [6.07, 6.45) is 6.67. The molecule has 2 aliphatic carbocycles. The van der Waals surface area contributed by atoms with E-state index >= 15 is 0 Å². The van der Waals surface area contributed by atoms with E-state index in [0.29, 0.717) is 30.5 Å². The Bertz CT molecular complexity index is 1370. The second-order valence-corrected chi connectivity index (χ2v) is 9.74. The molecule has 2 amide bonds. The Kier molecular flexibility index (Phi) is 7.40. The maximum absolute atomic E-state index is 13.0. The molecular formula is C24H31N9O5. The first-order valence-electron chi connectivity index (χ1n) is 12.7. The Morgan fingerprint density at radius 2 is 1.95 bits per heavy atom. The summed E-state index contributed by atoms with van der Waals surface area (Å²) in [4.78, 5) is 46.7. The van der Waals surface area contributed by atoms with Crippen molar-refractivity contribution in [2.45, 2.75) is 56.7 Å². The van der Waals surface area contributed by atoms with E-state index in [1.807, 2.05) is 6.07 Å². The third-order valence-electron chi connectivity index (χ3n) is 6.89. The van der Waals surface area contributed by atoms with E-state index in [9.17, 15) is 19.5 Å². The number of ether oxygens (including phenoxy) is 1. The van der Waals surface area contributed by atoms with Gasteiger partial charge in [-0.15, -0.1) is 5.10 Å². The molecule has 2 aliphatic rings. The second kappa shape index (κ2) is 11.0. The molecule has 2 saturated carbocycles.